The molecule has 2 nitrogen and oxygen atoms in total. The molecule has 0 aromatic heterocycles. The van der Waals surface area contributed by atoms with E-state index >= 15 is 0 Å². The minimum atomic E-state index is 0. The van der Waals surface area contributed by atoms with Gasteiger partial charge in [-0.15, -0.1) is 0 Å². The summed E-state index contributed by atoms with van der Waals surface area (Å²) in [4.78, 5) is 0. The summed E-state index contributed by atoms with van der Waals surface area (Å²) in [6.45, 7) is 4.56. The van der Waals surface area contributed by atoms with Crippen LogP contribution in [-0.2, 0) is 0 Å². The highest BCUT2D eigenvalue weighted by atomic mass is 14.0. The van der Waals surface area contributed by atoms with Gasteiger partial charge in [0.05, 0.1) is 0 Å². The van der Waals surface area contributed by atoms with Crippen molar-refractivity contribution in [2.75, 3.05) is 0 Å². The second-order valence-electron chi connectivity index (χ2n) is 3.83. The molecule has 0 aliphatic rings. The van der Waals surface area contributed by atoms with Gasteiger partial charge in [0, 0.05) is 0 Å². The van der Waals surface area contributed by atoms with Crippen LogP contribution in [0.1, 0.15) is 78.1 Å². The van der Waals surface area contributed by atoms with E-state index in [9.17, 15) is 0 Å². The van der Waals surface area contributed by atoms with Gasteiger partial charge in [-0.3, -0.25) is 0 Å². The summed E-state index contributed by atoms with van der Waals surface area (Å²) >= 11 is 0. The quantitative estimate of drug-likeness (QED) is 0.503. The molecule has 2 heteroatoms. The Bertz CT molecular complexity index is 64.7. The second kappa shape index (κ2) is 18.7. The van der Waals surface area contributed by atoms with Crippen LogP contribution in [0.5, 0.6) is 0 Å². The van der Waals surface area contributed by atoms with E-state index in [0.29, 0.717) is 0 Å². The van der Waals surface area contributed by atoms with Gasteiger partial charge in [0.15, 0.2) is 0 Å². The molecule has 6 N–H and O–H groups in total. The molecule has 0 amide bonds. The SMILES string of the molecule is CCCCCCCCCCCC.N.N. The van der Waals surface area contributed by atoms with Crippen LogP contribution in [0.15, 0.2) is 0 Å². The van der Waals surface area contributed by atoms with Crippen molar-refractivity contribution in [3.05, 3.63) is 0 Å². The Morgan fingerprint density at radius 3 is 0.857 bits per heavy atom. The number of hydrogen-bond donors (Lipinski definition) is 2. The summed E-state index contributed by atoms with van der Waals surface area (Å²) in [6.07, 6.45) is 14.4. The average Bonchev–Trinajstić information content (AvgIpc) is 2.10. The van der Waals surface area contributed by atoms with Gasteiger partial charge in [0.2, 0.25) is 0 Å². The Labute approximate surface area is 91.0 Å². The molecule has 90 valence electrons. The van der Waals surface area contributed by atoms with Gasteiger partial charge in [-0.25, -0.2) is 0 Å². The topological polar surface area (TPSA) is 70.0 Å². The van der Waals surface area contributed by atoms with Gasteiger partial charge in [-0.05, 0) is 0 Å². The molecule has 0 atom stereocenters. The molecule has 14 heavy (non-hydrogen) atoms. The summed E-state index contributed by atoms with van der Waals surface area (Å²) in [7, 11) is 0. The number of hydrogen-bond acceptors (Lipinski definition) is 2. The molecular weight excluding hydrogens is 172 g/mol. The largest absolute Gasteiger partial charge is 0.344 e. The minimum Gasteiger partial charge on any atom is -0.344 e. The van der Waals surface area contributed by atoms with Crippen molar-refractivity contribution in [1.29, 1.82) is 0 Å². The second-order valence-corrected chi connectivity index (χ2v) is 3.83. The van der Waals surface area contributed by atoms with Crippen molar-refractivity contribution in [1.82, 2.24) is 12.3 Å². The smallest absolute Gasteiger partial charge is 0.0533 e. The maximum atomic E-state index is 2.28. The van der Waals surface area contributed by atoms with Gasteiger partial charge < -0.3 is 12.3 Å². The fraction of sp³-hybridized carbons (Fsp3) is 1.00. The summed E-state index contributed by atoms with van der Waals surface area (Å²) < 4.78 is 0. The molecule has 0 saturated carbocycles. The zero-order valence-corrected chi connectivity index (χ0v) is 10.5. The van der Waals surface area contributed by atoms with Crippen molar-refractivity contribution >= 4 is 0 Å². The van der Waals surface area contributed by atoms with E-state index in [1.54, 1.807) is 0 Å². The first-order chi connectivity index (χ1) is 5.91. The molecule has 0 saturated heterocycles. The lowest BCUT2D eigenvalue weighted by molar-refractivity contribution is 0.562. The van der Waals surface area contributed by atoms with Crippen LogP contribution in [-0.4, -0.2) is 0 Å². The third-order valence-corrected chi connectivity index (χ3v) is 2.46. The zero-order chi connectivity index (χ0) is 9.07. The Morgan fingerprint density at radius 1 is 0.429 bits per heavy atom. The van der Waals surface area contributed by atoms with Crippen LogP contribution < -0.4 is 12.3 Å². The van der Waals surface area contributed by atoms with Crippen molar-refractivity contribution in [2.24, 2.45) is 0 Å². The maximum Gasteiger partial charge on any atom is -0.0533 e. The molecule has 0 aromatic rings. The van der Waals surface area contributed by atoms with Crippen LogP contribution >= 0.6 is 0 Å². The Balaban J connectivity index is -0.000000605. The molecule has 0 rings (SSSR count). The van der Waals surface area contributed by atoms with Crippen LogP contribution in [0.4, 0.5) is 0 Å². The fourth-order valence-electron chi connectivity index (χ4n) is 1.56. The van der Waals surface area contributed by atoms with E-state index in [0.717, 1.165) is 0 Å². The monoisotopic (exact) mass is 204 g/mol. The van der Waals surface area contributed by atoms with Gasteiger partial charge in [0.1, 0.15) is 0 Å². The van der Waals surface area contributed by atoms with Crippen molar-refractivity contribution in [3.63, 3.8) is 0 Å². The normalized spacial score (nSPS) is 9.00. The van der Waals surface area contributed by atoms with E-state index in [2.05, 4.69) is 13.8 Å². The molecule has 0 radical (unpaired) electrons. The number of rotatable bonds is 9. The predicted molar refractivity (Wildman–Crippen MR) is 67.6 cm³/mol. The van der Waals surface area contributed by atoms with Crippen LogP contribution in [0.2, 0.25) is 0 Å². The Kier molecular flexibility index (Phi) is 26.0. The lowest BCUT2D eigenvalue weighted by atomic mass is 10.1. The van der Waals surface area contributed by atoms with Crippen LogP contribution in [0.25, 0.3) is 0 Å². The Hall–Kier alpha value is -0.0800. The van der Waals surface area contributed by atoms with Crippen LogP contribution in [0.3, 0.4) is 0 Å². The van der Waals surface area contributed by atoms with Gasteiger partial charge in [-0.2, -0.15) is 0 Å². The number of unbranched alkanes of at least 4 members (excludes halogenated alkanes) is 9. The van der Waals surface area contributed by atoms with E-state index in [-0.39, 0.29) is 12.3 Å². The predicted octanol–water partition coefficient (Wildman–Crippen LogP) is 5.25. The highest BCUT2D eigenvalue weighted by Crippen LogP contribution is 2.09. The minimum absolute atomic E-state index is 0. The highest BCUT2D eigenvalue weighted by molar-refractivity contribution is 4.45. The molecule has 0 unspecified atom stereocenters. The standard InChI is InChI=1S/C12H26.2H3N/c1-3-5-7-9-11-12-10-8-6-4-2;;/h3-12H2,1-2H3;2*1H3. The highest BCUT2D eigenvalue weighted by Gasteiger charge is 1.90. The average molecular weight is 204 g/mol. The van der Waals surface area contributed by atoms with Crippen molar-refractivity contribution in [2.45, 2.75) is 78.1 Å². The first kappa shape index (κ1) is 19.5. The molecule has 0 fully saturated rings. The van der Waals surface area contributed by atoms with Crippen LogP contribution in [0, 0.1) is 0 Å². The van der Waals surface area contributed by atoms with Crippen molar-refractivity contribution in [3.8, 4) is 0 Å². The van der Waals surface area contributed by atoms with Crippen molar-refractivity contribution < 1.29 is 0 Å². The first-order valence-electron chi connectivity index (χ1n) is 5.91. The Morgan fingerprint density at radius 2 is 0.643 bits per heavy atom. The van der Waals surface area contributed by atoms with Gasteiger partial charge >= 0.3 is 0 Å². The molecule has 0 aliphatic carbocycles. The zero-order valence-electron chi connectivity index (χ0n) is 10.5. The van der Waals surface area contributed by atoms with E-state index < -0.39 is 0 Å². The summed E-state index contributed by atoms with van der Waals surface area (Å²) in [6, 6.07) is 0. The summed E-state index contributed by atoms with van der Waals surface area (Å²) in [5.74, 6) is 0. The van der Waals surface area contributed by atoms with E-state index in [1.165, 1.54) is 64.2 Å². The van der Waals surface area contributed by atoms with Gasteiger partial charge in [-0.1, -0.05) is 78.1 Å². The third kappa shape index (κ3) is 17.9. The maximum absolute atomic E-state index is 2.28. The molecule has 0 aromatic carbocycles. The summed E-state index contributed by atoms with van der Waals surface area (Å²) in [5, 5.41) is 0. The van der Waals surface area contributed by atoms with E-state index in [1.807, 2.05) is 0 Å². The summed E-state index contributed by atoms with van der Waals surface area (Å²) in [5.41, 5.74) is 0. The van der Waals surface area contributed by atoms with E-state index in [4.69, 9.17) is 0 Å². The lowest BCUT2D eigenvalue weighted by Crippen LogP contribution is -1.80. The fourth-order valence-corrected chi connectivity index (χ4v) is 1.56. The third-order valence-electron chi connectivity index (χ3n) is 2.46. The molecule has 0 aliphatic heterocycles. The lowest BCUT2D eigenvalue weighted by Gasteiger charge is -1.99. The molecule has 0 bridgehead atoms. The first-order valence-corrected chi connectivity index (χ1v) is 5.91. The van der Waals surface area contributed by atoms with Gasteiger partial charge in [0.25, 0.3) is 0 Å². The molecule has 0 spiro atoms. The molecular formula is C12H32N2. The molecule has 0 heterocycles.